The summed E-state index contributed by atoms with van der Waals surface area (Å²) in [5.41, 5.74) is 2.42. The van der Waals surface area contributed by atoms with Crippen LogP contribution in [-0.2, 0) is 4.79 Å². The van der Waals surface area contributed by atoms with Crippen molar-refractivity contribution in [3.05, 3.63) is 59.4 Å². The minimum absolute atomic E-state index is 0.0276. The summed E-state index contributed by atoms with van der Waals surface area (Å²) in [6.07, 6.45) is 2.32. The van der Waals surface area contributed by atoms with Crippen LogP contribution < -0.4 is 10.1 Å². The normalized spacial score (nSPS) is 13.4. The highest BCUT2D eigenvalue weighted by molar-refractivity contribution is 6.30. The lowest BCUT2D eigenvalue weighted by molar-refractivity contribution is -0.127. The molecule has 1 aliphatic rings. The lowest BCUT2D eigenvalue weighted by Gasteiger charge is -2.16. The monoisotopic (exact) mass is 469 g/mol. The molecular formula is C25H25ClFN3O3. The van der Waals surface area contributed by atoms with Crippen LogP contribution in [0, 0.1) is 5.82 Å². The lowest BCUT2D eigenvalue weighted by atomic mass is 10.0. The number of amides is 1. The standard InChI is InChI=1S/C25H25ClFN3O3/c1-33-18-6-7-19(23(31)15-18)22-13-17(16-5-8-20(26)21(27)12-16)14-24(29-22)28-9-3-11-30-10-2-4-25(30)32/h5-8,12-15,31H,2-4,9-11H2,1H3,(H,28,29). The zero-order chi connectivity index (χ0) is 23.4. The van der Waals surface area contributed by atoms with E-state index in [0.29, 0.717) is 47.9 Å². The lowest BCUT2D eigenvalue weighted by Crippen LogP contribution is -2.27. The molecule has 6 nitrogen and oxygen atoms in total. The van der Waals surface area contributed by atoms with Gasteiger partial charge in [0.05, 0.1) is 17.8 Å². The van der Waals surface area contributed by atoms with E-state index in [0.717, 1.165) is 24.9 Å². The number of hydrogen-bond donors (Lipinski definition) is 2. The largest absolute Gasteiger partial charge is 0.507 e. The highest BCUT2D eigenvalue weighted by Crippen LogP contribution is 2.35. The number of ether oxygens (including phenoxy) is 1. The van der Waals surface area contributed by atoms with Gasteiger partial charge in [-0.1, -0.05) is 17.7 Å². The molecule has 33 heavy (non-hydrogen) atoms. The average Bonchev–Trinajstić information content (AvgIpc) is 3.22. The van der Waals surface area contributed by atoms with Gasteiger partial charge in [-0.15, -0.1) is 0 Å². The van der Waals surface area contributed by atoms with Gasteiger partial charge in [0.2, 0.25) is 5.91 Å². The van der Waals surface area contributed by atoms with Crippen LogP contribution in [0.25, 0.3) is 22.4 Å². The van der Waals surface area contributed by atoms with Gasteiger partial charge in [0.15, 0.2) is 0 Å². The highest BCUT2D eigenvalue weighted by Gasteiger charge is 2.19. The maximum Gasteiger partial charge on any atom is 0.222 e. The van der Waals surface area contributed by atoms with E-state index >= 15 is 0 Å². The van der Waals surface area contributed by atoms with E-state index in [-0.39, 0.29) is 16.7 Å². The number of nitrogens with zero attached hydrogens (tertiary/aromatic N) is 2. The minimum atomic E-state index is -0.510. The third-order valence-electron chi connectivity index (χ3n) is 5.64. The Morgan fingerprint density at radius 2 is 2.03 bits per heavy atom. The molecule has 1 aromatic heterocycles. The molecule has 0 spiro atoms. The smallest absolute Gasteiger partial charge is 0.222 e. The Bertz CT molecular complexity index is 1170. The number of methoxy groups -OCH3 is 1. The summed E-state index contributed by atoms with van der Waals surface area (Å²) in [6.45, 7) is 2.12. The van der Waals surface area contributed by atoms with Crippen LogP contribution in [0.2, 0.25) is 5.02 Å². The van der Waals surface area contributed by atoms with Gasteiger partial charge in [0, 0.05) is 37.7 Å². The molecule has 0 atom stereocenters. The Labute approximate surface area is 197 Å². The second-order valence-electron chi connectivity index (χ2n) is 7.90. The van der Waals surface area contributed by atoms with Gasteiger partial charge >= 0.3 is 0 Å². The van der Waals surface area contributed by atoms with E-state index in [4.69, 9.17) is 16.3 Å². The Morgan fingerprint density at radius 1 is 1.18 bits per heavy atom. The van der Waals surface area contributed by atoms with Crippen LogP contribution in [0.15, 0.2) is 48.5 Å². The number of nitrogens with one attached hydrogen (secondary N) is 1. The fraction of sp³-hybridized carbons (Fsp3) is 0.280. The van der Waals surface area contributed by atoms with Crippen LogP contribution in [0.4, 0.5) is 10.2 Å². The van der Waals surface area contributed by atoms with Gasteiger partial charge in [-0.05, 0) is 60.4 Å². The fourth-order valence-corrected chi connectivity index (χ4v) is 4.00. The molecule has 0 radical (unpaired) electrons. The summed E-state index contributed by atoms with van der Waals surface area (Å²) < 4.78 is 19.3. The number of likely N-dealkylation sites (tertiary alicyclic amines) is 1. The Hall–Kier alpha value is -3.32. The summed E-state index contributed by atoms with van der Waals surface area (Å²) in [5, 5.41) is 13.9. The van der Waals surface area contributed by atoms with E-state index in [1.54, 1.807) is 24.3 Å². The van der Waals surface area contributed by atoms with Gasteiger partial charge in [-0.2, -0.15) is 0 Å². The molecule has 2 heterocycles. The molecular weight excluding hydrogens is 445 g/mol. The van der Waals surface area contributed by atoms with E-state index in [9.17, 15) is 14.3 Å². The van der Waals surface area contributed by atoms with E-state index in [1.807, 2.05) is 11.0 Å². The first-order chi connectivity index (χ1) is 15.9. The quantitative estimate of drug-likeness (QED) is 0.435. The van der Waals surface area contributed by atoms with E-state index in [1.165, 1.54) is 25.3 Å². The molecule has 1 fully saturated rings. The number of aromatic nitrogens is 1. The van der Waals surface area contributed by atoms with Crippen molar-refractivity contribution in [1.29, 1.82) is 0 Å². The predicted octanol–water partition coefficient (Wildman–Crippen LogP) is 5.35. The molecule has 1 amide bonds. The topological polar surface area (TPSA) is 74.7 Å². The number of carbonyl (C=O) groups excluding carboxylic acids is 1. The SMILES string of the molecule is COc1ccc(-c2cc(-c3ccc(Cl)c(F)c3)cc(NCCCN3CCCC3=O)n2)c(O)c1. The molecule has 4 rings (SSSR count). The number of carbonyl (C=O) groups is 1. The molecule has 0 bridgehead atoms. The first-order valence-electron chi connectivity index (χ1n) is 10.8. The van der Waals surface area contributed by atoms with Crippen LogP contribution in [0.3, 0.4) is 0 Å². The number of rotatable bonds is 8. The van der Waals surface area contributed by atoms with Crippen molar-refractivity contribution in [3.8, 4) is 33.9 Å². The number of phenols is 1. The van der Waals surface area contributed by atoms with Crippen LogP contribution in [0.1, 0.15) is 19.3 Å². The summed E-state index contributed by atoms with van der Waals surface area (Å²) >= 11 is 5.85. The van der Waals surface area contributed by atoms with Crippen molar-refractivity contribution in [2.24, 2.45) is 0 Å². The average molecular weight is 470 g/mol. The molecule has 2 N–H and O–H groups in total. The van der Waals surface area contributed by atoms with Gasteiger partial charge < -0.3 is 20.1 Å². The zero-order valence-corrected chi connectivity index (χ0v) is 19.0. The third-order valence-corrected chi connectivity index (χ3v) is 5.95. The number of phenolic OH excluding ortho intramolecular Hbond substituents is 1. The number of hydrogen-bond acceptors (Lipinski definition) is 5. The Balaban J connectivity index is 1.61. The molecule has 8 heteroatoms. The summed E-state index contributed by atoms with van der Waals surface area (Å²) in [6, 6.07) is 13.2. The molecule has 2 aromatic carbocycles. The number of benzene rings is 2. The second kappa shape index (κ2) is 10.1. The summed E-state index contributed by atoms with van der Waals surface area (Å²) in [4.78, 5) is 18.3. The summed E-state index contributed by atoms with van der Waals surface area (Å²) in [7, 11) is 1.53. The first-order valence-corrected chi connectivity index (χ1v) is 11.2. The van der Waals surface area contributed by atoms with Crippen molar-refractivity contribution in [2.45, 2.75) is 19.3 Å². The number of pyridine rings is 1. The van der Waals surface area contributed by atoms with Gasteiger partial charge in [-0.25, -0.2) is 9.37 Å². The van der Waals surface area contributed by atoms with Crippen molar-refractivity contribution >= 4 is 23.3 Å². The van der Waals surface area contributed by atoms with E-state index < -0.39 is 5.82 Å². The van der Waals surface area contributed by atoms with Crippen molar-refractivity contribution in [3.63, 3.8) is 0 Å². The molecule has 1 aliphatic heterocycles. The molecule has 0 unspecified atom stereocenters. The first kappa shape index (κ1) is 22.9. The molecule has 3 aromatic rings. The summed E-state index contributed by atoms with van der Waals surface area (Å²) in [5.74, 6) is 0.837. The molecule has 0 saturated carbocycles. The van der Waals surface area contributed by atoms with Crippen LogP contribution in [0.5, 0.6) is 11.5 Å². The molecule has 1 saturated heterocycles. The van der Waals surface area contributed by atoms with Gasteiger partial charge in [-0.3, -0.25) is 4.79 Å². The number of aromatic hydroxyl groups is 1. The molecule has 172 valence electrons. The highest BCUT2D eigenvalue weighted by atomic mass is 35.5. The zero-order valence-electron chi connectivity index (χ0n) is 18.3. The maximum absolute atomic E-state index is 14.1. The van der Waals surface area contributed by atoms with Crippen molar-refractivity contribution < 1.29 is 19.0 Å². The van der Waals surface area contributed by atoms with Crippen molar-refractivity contribution in [2.75, 3.05) is 32.1 Å². The Kier molecular flexibility index (Phi) is 6.99. The van der Waals surface area contributed by atoms with Gasteiger partial charge in [0.25, 0.3) is 0 Å². The minimum Gasteiger partial charge on any atom is -0.507 e. The van der Waals surface area contributed by atoms with E-state index in [2.05, 4.69) is 10.3 Å². The third kappa shape index (κ3) is 5.37. The number of anilines is 1. The van der Waals surface area contributed by atoms with Crippen molar-refractivity contribution in [1.82, 2.24) is 9.88 Å². The molecule has 0 aliphatic carbocycles. The van der Waals surface area contributed by atoms with Gasteiger partial charge in [0.1, 0.15) is 23.1 Å². The van der Waals surface area contributed by atoms with Crippen LogP contribution in [-0.4, -0.2) is 47.6 Å². The number of halogens is 2. The fourth-order valence-electron chi connectivity index (χ4n) is 3.88. The Morgan fingerprint density at radius 3 is 2.73 bits per heavy atom. The van der Waals surface area contributed by atoms with Crippen LogP contribution >= 0.6 is 11.6 Å². The predicted molar refractivity (Wildman–Crippen MR) is 127 cm³/mol. The maximum atomic E-state index is 14.1. The second-order valence-corrected chi connectivity index (χ2v) is 8.31.